The van der Waals surface area contributed by atoms with Crippen LogP contribution in [0.5, 0.6) is 5.75 Å². The summed E-state index contributed by atoms with van der Waals surface area (Å²) in [7, 11) is -3.73. The number of rotatable bonds is 2. The van der Waals surface area contributed by atoms with Gasteiger partial charge in [-0.3, -0.25) is 0 Å². The van der Waals surface area contributed by atoms with Crippen LogP contribution in [0.4, 0.5) is 13.2 Å². The second-order valence-electron chi connectivity index (χ2n) is 4.36. The quantitative estimate of drug-likeness (QED) is 0.617. The number of hydrogen-bond donors (Lipinski definition) is 0. The molecule has 0 atom stereocenters. The van der Waals surface area contributed by atoms with Crippen molar-refractivity contribution in [2.75, 3.05) is 13.6 Å². The zero-order valence-electron chi connectivity index (χ0n) is 10.1. The Balaban J connectivity index is 2.36. The number of hydrogen-bond acceptors (Lipinski definition) is 4. The Morgan fingerprint density at radius 1 is 1.32 bits per heavy atom. The molecule has 0 radical (unpaired) electrons. The van der Waals surface area contributed by atoms with Gasteiger partial charge in [0, 0.05) is 18.7 Å². The van der Waals surface area contributed by atoms with Crippen LogP contribution in [0.15, 0.2) is 18.2 Å². The van der Waals surface area contributed by atoms with Crippen LogP contribution in [0, 0.1) is 0 Å². The van der Waals surface area contributed by atoms with E-state index < -0.39 is 15.6 Å². The summed E-state index contributed by atoms with van der Waals surface area (Å²) in [5.41, 5.74) is -4.11. The normalized spacial score (nSPS) is 17.1. The number of nitrogens with zero attached hydrogens (tertiary/aromatic N) is 1. The molecule has 4 nitrogen and oxygen atoms in total. The molecular formula is C11H12F3NO3S. The third-order valence-corrected chi connectivity index (χ3v) is 3.86. The van der Waals surface area contributed by atoms with E-state index in [2.05, 4.69) is 4.18 Å². The molecule has 0 spiro atoms. The second kappa shape index (κ2) is 4.68. The molecule has 0 unspecified atom stereocenters. The Hall–Kier alpha value is -1.28. The maximum Gasteiger partial charge on any atom is 0.534 e. The van der Waals surface area contributed by atoms with Crippen molar-refractivity contribution in [2.24, 2.45) is 0 Å². The fourth-order valence-corrected chi connectivity index (χ4v) is 2.45. The Morgan fingerprint density at radius 2 is 2.00 bits per heavy atom. The van der Waals surface area contributed by atoms with E-state index in [1.165, 1.54) is 12.1 Å². The molecule has 0 aliphatic carbocycles. The molecule has 106 valence electrons. The second-order valence-corrected chi connectivity index (χ2v) is 5.90. The molecule has 0 saturated heterocycles. The first-order valence-electron chi connectivity index (χ1n) is 5.51. The molecule has 0 bridgehead atoms. The van der Waals surface area contributed by atoms with Gasteiger partial charge in [0.15, 0.2) is 0 Å². The lowest BCUT2D eigenvalue weighted by molar-refractivity contribution is -0.0500. The number of fused-ring (bicyclic) bond motifs is 1. The molecule has 0 amide bonds. The standard InChI is InChI=1S/C11H12F3NO3S/c1-15-6-5-9-8(7-15)3-2-4-10(9)18-19(16,17)11(12,13)14/h2-4H,5-7H2,1H3. The van der Waals surface area contributed by atoms with E-state index in [0.29, 0.717) is 25.1 Å². The highest BCUT2D eigenvalue weighted by Crippen LogP contribution is 2.32. The van der Waals surface area contributed by atoms with Gasteiger partial charge in [0.25, 0.3) is 0 Å². The lowest BCUT2D eigenvalue weighted by Crippen LogP contribution is -2.30. The first kappa shape index (κ1) is 14.1. The van der Waals surface area contributed by atoms with E-state index in [1.807, 2.05) is 11.9 Å². The molecule has 0 saturated carbocycles. The zero-order valence-corrected chi connectivity index (χ0v) is 10.9. The predicted molar refractivity (Wildman–Crippen MR) is 62.1 cm³/mol. The van der Waals surface area contributed by atoms with Crippen LogP contribution < -0.4 is 4.18 Å². The minimum absolute atomic E-state index is 0.233. The summed E-state index contributed by atoms with van der Waals surface area (Å²) in [6.45, 7) is 1.19. The van der Waals surface area contributed by atoms with Crippen molar-refractivity contribution in [3.05, 3.63) is 29.3 Å². The molecule has 19 heavy (non-hydrogen) atoms. The molecule has 0 N–H and O–H groups in total. The van der Waals surface area contributed by atoms with Gasteiger partial charge in [-0.25, -0.2) is 0 Å². The van der Waals surface area contributed by atoms with Crippen molar-refractivity contribution in [3.63, 3.8) is 0 Å². The van der Waals surface area contributed by atoms with E-state index >= 15 is 0 Å². The maximum absolute atomic E-state index is 12.3. The first-order valence-corrected chi connectivity index (χ1v) is 6.91. The van der Waals surface area contributed by atoms with Crippen LogP contribution in [-0.4, -0.2) is 32.4 Å². The van der Waals surface area contributed by atoms with Gasteiger partial charge in [0.05, 0.1) is 0 Å². The Kier molecular flexibility index (Phi) is 3.48. The molecule has 8 heteroatoms. The van der Waals surface area contributed by atoms with Gasteiger partial charge < -0.3 is 9.08 Å². The van der Waals surface area contributed by atoms with E-state index in [-0.39, 0.29) is 5.75 Å². The summed E-state index contributed by atoms with van der Waals surface area (Å²) < 4.78 is 63.1. The molecule has 0 aromatic heterocycles. The first-order chi connectivity index (χ1) is 8.71. The van der Waals surface area contributed by atoms with Crippen molar-refractivity contribution in [1.82, 2.24) is 4.90 Å². The zero-order chi connectivity index (χ0) is 14.3. The largest absolute Gasteiger partial charge is 0.534 e. The fourth-order valence-electron chi connectivity index (χ4n) is 1.96. The molecule has 1 aromatic rings. The van der Waals surface area contributed by atoms with Crippen LogP contribution in [0.2, 0.25) is 0 Å². The van der Waals surface area contributed by atoms with Crippen LogP contribution in [0.3, 0.4) is 0 Å². The van der Waals surface area contributed by atoms with Crippen molar-refractivity contribution in [3.8, 4) is 5.75 Å². The van der Waals surface area contributed by atoms with Gasteiger partial charge in [0.1, 0.15) is 5.75 Å². The highest BCUT2D eigenvalue weighted by molar-refractivity contribution is 7.88. The molecule has 1 aliphatic heterocycles. The maximum atomic E-state index is 12.3. The number of benzene rings is 1. The summed E-state index contributed by atoms with van der Waals surface area (Å²) >= 11 is 0. The van der Waals surface area contributed by atoms with Gasteiger partial charge in [-0.15, -0.1) is 0 Å². The van der Waals surface area contributed by atoms with Crippen LogP contribution in [-0.2, 0) is 23.1 Å². The molecular weight excluding hydrogens is 283 g/mol. The van der Waals surface area contributed by atoms with Crippen LogP contribution in [0.1, 0.15) is 11.1 Å². The third-order valence-electron chi connectivity index (χ3n) is 2.90. The van der Waals surface area contributed by atoms with Crippen molar-refractivity contribution < 1.29 is 25.8 Å². The van der Waals surface area contributed by atoms with E-state index in [4.69, 9.17) is 0 Å². The van der Waals surface area contributed by atoms with Gasteiger partial charge in [-0.05, 0) is 25.1 Å². The smallest absolute Gasteiger partial charge is 0.376 e. The highest BCUT2D eigenvalue weighted by Gasteiger charge is 2.48. The molecule has 2 rings (SSSR count). The summed E-state index contributed by atoms with van der Waals surface area (Å²) in [6.07, 6.45) is 0.454. The summed E-state index contributed by atoms with van der Waals surface area (Å²) in [5.74, 6) is -0.233. The van der Waals surface area contributed by atoms with Crippen molar-refractivity contribution >= 4 is 10.1 Å². The Labute approximate surface area is 108 Å². The van der Waals surface area contributed by atoms with E-state index in [0.717, 1.165) is 5.56 Å². The summed E-state index contributed by atoms with van der Waals surface area (Å²) in [4.78, 5) is 1.99. The molecule has 1 aromatic carbocycles. The third kappa shape index (κ3) is 2.84. The number of alkyl halides is 3. The summed E-state index contributed by atoms with van der Waals surface area (Å²) in [5, 5.41) is 0. The molecule has 1 aliphatic rings. The van der Waals surface area contributed by atoms with E-state index in [9.17, 15) is 21.6 Å². The van der Waals surface area contributed by atoms with Crippen molar-refractivity contribution in [1.29, 1.82) is 0 Å². The van der Waals surface area contributed by atoms with Crippen molar-refractivity contribution in [2.45, 2.75) is 18.5 Å². The molecule has 1 heterocycles. The predicted octanol–water partition coefficient (Wildman–Crippen LogP) is 1.90. The van der Waals surface area contributed by atoms with Gasteiger partial charge in [-0.2, -0.15) is 21.6 Å². The fraction of sp³-hybridized carbons (Fsp3) is 0.455. The Bertz CT molecular complexity index is 583. The average molecular weight is 295 g/mol. The summed E-state index contributed by atoms with van der Waals surface area (Å²) in [6, 6.07) is 4.48. The topological polar surface area (TPSA) is 46.6 Å². The minimum atomic E-state index is -5.61. The number of halogens is 3. The Morgan fingerprint density at radius 3 is 2.63 bits per heavy atom. The lowest BCUT2D eigenvalue weighted by atomic mass is 9.99. The van der Waals surface area contributed by atoms with Gasteiger partial charge >= 0.3 is 15.6 Å². The van der Waals surface area contributed by atoms with Gasteiger partial charge in [0.2, 0.25) is 0 Å². The van der Waals surface area contributed by atoms with Crippen LogP contribution >= 0.6 is 0 Å². The van der Waals surface area contributed by atoms with Gasteiger partial charge in [-0.1, -0.05) is 12.1 Å². The minimum Gasteiger partial charge on any atom is -0.376 e. The van der Waals surface area contributed by atoms with Crippen LogP contribution in [0.25, 0.3) is 0 Å². The van der Waals surface area contributed by atoms with E-state index in [1.54, 1.807) is 6.07 Å². The lowest BCUT2D eigenvalue weighted by Gasteiger charge is -2.26. The molecule has 0 fully saturated rings. The highest BCUT2D eigenvalue weighted by atomic mass is 32.2. The monoisotopic (exact) mass is 295 g/mol. The average Bonchev–Trinajstić information content (AvgIpc) is 2.26. The number of likely N-dealkylation sites (N-methyl/N-ethyl adjacent to an activating group) is 1. The SMILES string of the molecule is CN1CCc2c(cccc2OS(=O)(=O)C(F)(F)F)C1.